The van der Waals surface area contributed by atoms with Crippen LogP contribution in [0, 0.1) is 0 Å². The van der Waals surface area contributed by atoms with Gasteiger partial charge in [0.05, 0.1) is 25.9 Å². The van der Waals surface area contributed by atoms with E-state index in [1.807, 2.05) is 37.3 Å². The van der Waals surface area contributed by atoms with Gasteiger partial charge < -0.3 is 34.4 Å². The molecule has 0 aromatic carbocycles. The largest absolute Gasteiger partial charge is 0.472 e. The minimum Gasteiger partial charge on any atom is -0.462 e. The van der Waals surface area contributed by atoms with E-state index in [1.165, 1.54) is 0 Å². The van der Waals surface area contributed by atoms with Crippen LogP contribution in [0.1, 0.15) is 136 Å². The summed E-state index contributed by atoms with van der Waals surface area (Å²) in [5.74, 6) is -1.11. The number of carbonyl (C=O) groups excluding carboxylic acids is 2. The van der Waals surface area contributed by atoms with E-state index in [4.69, 9.17) is 23.8 Å². The molecule has 0 aromatic rings. The van der Waals surface area contributed by atoms with Crippen molar-refractivity contribution in [2.45, 2.75) is 154 Å². The zero-order valence-corrected chi connectivity index (χ0v) is 36.5. The number of ether oxygens (including phenoxy) is 2. The fraction of sp³-hybridized carbons (Fsp3) is 0.667. The second-order valence-electron chi connectivity index (χ2n) is 13.7. The van der Waals surface area contributed by atoms with Crippen molar-refractivity contribution in [3.05, 3.63) is 72.9 Å². The SMILES string of the molecule is CC/C=C\C/C=C\C/C=C\CCCCCCCC(=O)OC[C@H](COP(=O)(O)OC[C@@H](O)COP(=O)(O)O)OC(=O)CCCCCCC/C=C/C=C/C(O)C/C=C/CC. The van der Waals surface area contributed by atoms with Gasteiger partial charge >= 0.3 is 27.6 Å². The molecule has 0 aromatic heterocycles. The first-order valence-electron chi connectivity index (χ1n) is 20.7. The Balaban J connectivity index is 4.65. The van der Waals surface area contributed by atoms with E-state index in [9.17, 15) is 33.8 Å². The molecule has 0 spiro atoms. The van der Waals surface area contributed by atoms with Crippen LogP contribution >= 0.6 is 15.6 Å². The highest BCUT2D eigenvalue weighted by Crippen LogP contribution is 2.43. The fourth-order valence-corrected chi connectivity index (χ4v) is 6.20. The molecule has 0 bridgehead atoms. The number of hydrogen-bond acceptors (Lipinski definition) is 11. The van der Waals surface area contributed by atoms with Crippen LogP contribution in [0.5, 0.6) is 0 Å². The molecule has 0 radical (unpaired) electrons. The molecule has 0 aliphatic rings. The van der Waals surface area contributed by atoms with Crippen LogP contribution < -0.4 is 0 Å². The van der Waals surface area contributed by atoms with Crippen molar-refractivity contribution in [2.75, 3.05) is 26.4 Å². The lowest BCUT2D eigenvalue weighted by Gasteiger charge is -2.20. The molecule has 0 aliphatic carbocycles. The summed E-state index contributed by atoms with van der Waals surface area (Å²) in [6, 6.07) is 0. The summed E-state index contributed by atoms with van der Waals surface area (Å²) in [7, 11) is -9.71. The van der Waals surface area contributed by atoms with Gasteiger partial charge in [0.25, 0.3) is 0 Å². The molecule has 14 nitrogen and oxygen atoms in total. The monoisotopic (exact) mass is 862 g/mol. The van der Waals surface area contributed by atoms with Crippen LogP contribution in [0.4, 0.5) is 0 Å². The Morgan fingerprint density at radius 1 is 0.569 bits per heavy atom. The molecule has 0 aliphatic heterocycles. The van der Waals surface area contributed by atoms with Crippen molar-refractivity contribution in [1.82, 2.24) is 0 Å². The number of aliphatic hydroxyl groups is 2. The highest BCUT2D eigenvalue weighted by molar-refractivity contribution is 7.47. The van der Waals surface area contributed by atoms with Gasteiger partial charge in [-0.05, 0) is 70.6 Å². The summed E-state index contributed by atoms with van der Waals surface area (Å²) in [5.41, 5.74) is 0. The second kappa shape index (κ2) is 37.5. The first-order chi connectivity index (χ1) is 27.8. The Hall–Kier alpha value is -2.48. The number of rotatable bonds is 38. The molecule has 334 valence electrons. The molecule has 16 heteroatoms. The Kier molecular flexibility index (Phi) is 35.9. The van der Waals surface area contributed by atoms with Gasteiger partial charge in [-0.2, -0.15) is 0 Å². The third-order valence-corrected chi connectivity index (χ3v) is 9.60. The summed E-state index contributed by atoms with van der Waals surface area (Å²) in [5, 5.41) is 19.6. The standard InChI is InChI=1S/C42H72O14P2/c1-3-5-7-8-9-10-11-12-13-14-15-18-21-24-28-32-41(45)52-36-40(37-55-58(50,51)54-35-39(44)34-53-57(47,48)49)56-42(46)33-29-25-22-19-16-17-20-23-27-31-38(43)30-26-6-4-2/h5-7,9-10,12-13,20,23,26-27,31,38-40,43-44H,3-4,8,11,14-19,21-22,24-25,28-30,32-37H2,1-2H3,(H,50,51)(H2,47,48,49)/b7-5-,10-9-,13-12-,23-20+,26-6+,31-27+/t38?,39-,40+/m0/s1. The average Bonchev–Trinajstić information content (AvgIpc) is 3.17. The van der Waals surface area contributed by atoms with Crippen LogP contribution in [0.2, 0.25) is 0 Å². The van der Waals surface area contributed by atoms with E-state index in [2.05, 4.69) is 52.4 Å². The van der Waals surface area contributed by atoms with E-state index in [0.717, 1.165) is 89.9 Å². The molecule has 5 N–H and O–H groups in total. The van der Waals surface area contributed by atoms with E-state index < -0.39 is 72.3 Å². The van der Waals surface area contributed by atoms with Gasteiger partial charge in [0, 0.05) is 12.8 Å². The van der Waals surface area contributed by atoms with Crippen molar-refractivity contribution in [3.8, 4) is 0 Å². The molecule has 0 rings (SSSR count). The van der Waals surface area contributed by atoms with Crippen LogP contribution in [-0.2, 0) is 41.8 Å². The first-order valence-corrected chi connectivity index (χ1v) is 23.8. The third kappa shape index (κ3) is 40.3. The highest BCUT2D eigenvalue weighted by atomic mass is 31.2. The van der Waals surface area contributed by atoms with Gasteiger partial charge in [-0.25, -0.2) is 9.13 Å². The third-order valence-electron chi connectivity index (χ3n) is 8.16. The molecule has 0 saturated carbocycles. The zero-order valence-electron chi connectivity index (χ0n) is 34.7. The van der Waals surface area contributed by atoms with E-state index >= 15 is 0 Å². The number of hydrogen-bond donors (Lipinski definition) is 5. The van der Waals surface area contributed by atoms with E-state index in [1.54, 1.807) is 6.08 Å². The molecule has 0 heterocycles. The van der Waals surface area contributed by atoms with Gasteiger partial charge in [-0.3, -0.25) is 23.2 Å². The predicted molar refractivity (Wildman–Crippen MR) is 226 cm³/mol. The zero-order chi connectivity index (χ0) is 43.2. The summed E-state index contributed by atoms with van der Waals surface area (Å²) >= 11 is 0. The maximum Gasteiger partial charge on any atom is 0.472 e. The maximum atomic E-state index is 12.6. The number of unbranched alkanes of at least 4 members (excludes halogenated alkanes) is 10. The molecule has 2 unspecified atom stereocenters. The number of esters is 2. The normalized spacial score (nSPS) is 15.4. The number of phosphoric acid groups is 2. The lowest BCUT2D eigenvalue weighted by atomic mass is 10.1. The molecule has 0 fully saturated rings. The molecule has 4 atom stereocenters. The second-order valence-corrected chi connectivity index (χ2v) is 16.4. The van der Waals surface area contributed by atoms with Gasteiger partial charge in [0.1, 0.15) is 12.7 Å². The lowest BCUT2D eigenvalue weighted by molar-refractivity contribution is -0.161. The summed E-state index contributed by atoms with van der Waals surface area (Å²) in [6.45, 7) is 1.35. The minimum atomic E-state index is -4.88. The Labute approximate surface area is 347 Å². The Bertz CT molecular complexity index is 1320. The first kappa shape index (κ1) is 55.5. The van der Waals surface area contributed by atoms with Crippen LogP contribution in [0.3, 0.4) is 0 Å². The number of allylic oxidation sites excluding steroid dienone is 10. The lowest BCUT2D eigenvalue weighted by Crippen LogP contribution is -2.30. The quantitative estimate of drug-likeness (QED) is 0.0129. The highest BCUT2D eigenvalue weighted by Gasteiger charge is 2.28. The van der Waals surface area contributed by atoms with Crippen LogP contribution in [0.15, 0.2) is 72.9 Å². The van der Waals surface area contributed by atoms with Crippen LogP contribution in [0.25, 0.3) is 0 Å². The number of carbonyl (C=O) groups is 2. The molecular weight excluding hydrogens is 790 g/mol. The van der Waals surface area contributed by atoms with E-state index in [0.29, 0.717) is 19.3 Å². The molecular formula is C42H72O14P2. The van der Waals surface area contributed by atoms with Gasteiger partial charge in [-0.15, -0.1) is 0 Å². The van der Waals surface area contributed by atoms with Gasteiger partial charge in [0.15, 0.2) is 6.10 Å². The van der Waals surface area contributed by atoms with Gasteiger partial charge in [0.2, 0.25) is 0 Å². The predicted octanol–water partition coefficient (Wildman–Crippen LogP) is 9.20. The average molecular weight is 863 g/mol. The van der Waals surface area contributed by atoms with Gasteiger partial charge in [-0.1, -0.05) is 125 Å². The van der Waals surface area contributed by atoms with Crippen molar-refractivity contribution >= 4 is 27.6 Å². The van der Waals surface area contributed by atoms with Crippen molar-refractivity contribution < 1.29 is 66.7 Å². The summed E-state index contributed by atoms with van der Waals surface area (Å²) < 4.78 is 47.6. The molecule has 58 heavy (non-hydrogen) atoms. The number of phosphoric ester groups is 2. The van der Waals surface area contributed by atoms with Crippen molar-refractivity contribution in [2.24, 2.45) is 0 Å². The Morgan fingerprint density at radius 2 is 1.09 bits per heavy atom. The fourth-order valence-electron chi connectivity index (χ4n) is 5.04. The Morgan fingerprint density at radius 3 is 1.72 bits per heavy atom. The number of aliphatic hydroxyl groups excluding tert-OH is 2. The van der Waals surface area contributed by atoms with Crippen LogP contribution in [-0.4, -0.2) is 81.6 Å². The minimum absolute atomic E-state index is 0.0771. The molecule has 0 saturated heterocycles. The van der Waals surface area contributed by atoms with Crippen molar-refractivity contribution in [3.63, 3.8) is 0 Å². The van der Waals surface area contributed by atoms with E-state index in [-0.39, 0.29) is 12.8 Å². The topological polar surface area (TPSA) is 216 Å². The summed E-state index contributed by atoms with van der Waals surface area (Å²) in [6.07, 6.45) is 36.6. The maximum absolute atomic E-state index is 12.6. The molecule has 0 amide bonds. The summed E-state index contributed by atoms with van der Waals surface area (Å²) in [4.78, 5) is 52.6. The smallest absolute Gasteiger partial charge is 0.462 e. The van der Waals surface area contributed by atoms with Crippen molar-refractivity contribution in [1.29, 1.82) is 0 Å².